The topological polar surface area (TPSA) is 101 Å². The van der Waals surface area contributed by atoms with Crippen molar-refractivity contribution in [1.82, 2.24) is 19.2 Å². The Morgan fingerprint density at radius 3 is 2.70 bits per heavy atom. The van der Waals surface area contributed by atoms with E-state index in [4.69, 9.17) is 0 Å². The molecule has 0 amide bonds. The number of aliphatic hydroxyl groups is 1. The second kappa shape index (κ2) is 6.19. The summed E-state index contributed by atoms with van der Waals surface area (Å²) >= 11 is 0. The summed E-state index contributed by atoms with van der Waals surface area (Å²) in [5.74, 6) is 0.317. The third-order valence-electron chi connectivity index (χ3n) is 3.19. The van der Waals surface area contributed by atoms with Crippen LogP contribution in [-0.4, -0.2) is 32.7 Å². The highest BCUT2D eigenvalue weighted by atomic mass is 32.2. The lowest BCUT2D eigenvalue weighted by atomic mass is 10.2. The molecule has 23 heavy (non-hydrogen) atoms. The molecule has 118 valence electrons. The number of rotatable bonds is 5. The zero-order chi connectivity index (χ0) is 16.3. The highest BCUT2D eigenvalue weighted by molar-refractivity contribution is 7.90. The lowest BCUT2D eigenvalue weighted by Gasteiger charge is -2.04. The molecule has 0 bridgehead atoms. The van der Waals surface area contributed by atoms with Crippen molar-refractivity contribution in [3.05, 3.63) is 72.6 Å². The fraction of sp³-hybridized carbons (Fsp3) is 0.0667. The predicted octanol–water partition coefficient (Wildman–Crippen LogP) is 1.59. The summed E-state index contributed by atoms with van der Waals surface area (Å²) in [6, 6.07) is 9.82. The van der Waals surface area contributed by atoms with E-state index in [1.807, 2.05) is 0 Å². The number of hydrogen-bond acceptors (Lipinski definition) is 5. The summed E-state index contributed by atoms with van der Waals surface area (Å²) in [7, 11) is -3.61. The lowest BCUT2D eigenvalue weighted by molar-refractivity contribution is 0.219. The van der Waals surface area contributed by atoms with Crippen molar-refractivity contribution >= 4 is 16.1 Å². The van der Waals surface area contributed by atoms with Crippen LogP contribution >= 0.6 is 0 Å². The highest BCUT2D eigenvalue weighted by Crippen LogP contribution is 2.16. The number of aromatic amines is 1. The van der Waals surface area contributed by atoms with Crippen molar-refractivity contribution in [3.8, 4) is 0 Å². The van der Waals surface area contributed by atoms with Crippen LogP contribution in [0.25, 0.3) is 6.08 Å². The van der Waals surface area contributed by atoms with E-state index in [0.717, 1.165) is 3.97 Å². The molecule has 0 radical (unpaired) electrons. The number of aliphatic hydroxyl groups excluding tert-OH is 1. The fourth-order valence-corrected chi connectivity index (χ4v) is 3.23. The maximum Gasteiger partial charge on any atom is 0.267 e. The van der Waals surface area contributed by atoms with Crippen LogP contribution in [0.3, 0.4) is 0 Å². The Kier molecular flexibility index (Phi) is 4.09. The van der Waals surface area contributed by atoms with Crippen molar-refractivity contribution in [1.29, 1.82) is 0 Å². The number of H-pyrrole nitrogens is 1. The lowest BCUT2D eigenvalue weighted by Crippen LogP contribution is -2.10. The first-order chi connectivity index (χ1) is 11.1. The molecule has 7 nitrogen and oxygen atoms in total. The molecule has 0 aliphatic heterocycles. The van der Waals surface area contributed by atoms with Crippen LogP contribution in [-0.2, 0) is 10.0 Å². The van der Waals surface area contributed by atoms with Gasteiger partial charge in [-0.15, -0.1) is 0 Å². The number of hydrogen-bond donors (Lipinski definition) is 2. The van der Waals surface area contributed by atoms with E-state index < -0.39 is 16.1 Å². The second-order valence-corrected chi connectivity index (χ2v) is 6.61. The average molecular weight is 330 g/mol. The molecule has 2 N–H and O–H groups in total. The van der Waals surface area contributed by atoms with Gasteiger partial charge in [0.15, 0.2) is 5.82 Å². The molecule has 0 aliphatic rings. The minimum Gasteiger partial charge on any atom is -0.381 e. The van der Waals surface area contributed by atoms with Crippen molar-refractivity contribution in [2.24, 2.45) is 0 Å². The summed E-state index contributed by atoms with van der Waals surface area (Å²) in [5.41, 5.74) is 0.642. The summed E-state index contributed by atoms with van der Waals surface area (Å²) in [5, 5.41) is 16.1. The van der Waals surface area contributed by atoms with Crippen LogP contribution in [0.1, 0.15) is 17.5 Å². The summed E-state index contributed by atoms with van der Waals surface area (Å²) in [4.78, 5) is 4.06. The number of benzene rings is 1. The first-order valence-electron chi connectivity index (χ1n) is 6.77. The van der Waals surface area contributed by atoms with E-state index in [1.54, 1.807) is 42.5 Å². The van der Waals surface area contributed by atoms with Crippen LogP contribution in [0.15, 0.2) is 66.1 Å². The minimum absolute atomic E-state index is 0.216. The maximum absolute atomic E-state index is 12.4. The Bertz CT molecular complexity index is 899. The van der Waals surface area contributed by atoms with E-state index in [1.165, 1.54) is 24.8 Å². The van der Waals surface area contributed by atoms with Gasteiger partial charge >= 0.3 is 0 Å². The van der Waals surface area contributed by atoms with Crippen LogP contribution in [0.2, 0.25) is 0 Å². The number of nitrogens with one attached hydrogen (secondary N) is 1. The molecule has 0 saturated heterocycles. The third kappa shape index (κ3) is 3.22. The monoisotopic (exact) mass is 330 g/mol. The van der Waals surface area contributed by atoms with Crippen molar-refractivity contribution in [2.75, 3.05) is 0 Å². The van der Waals surface area contributed by atoms with Crippen molar-refractivity contribution < 1.29 is 13.5 Å². The molecular weight excluding hydrogens is 316 g/mol. The summed E-state index contributed by atoms with van der Waals surface area (Å²) < 4.78 is 26.0. The molecule has 3 aromatic rings. The molecule has 1 atom stereocenters. The Morgan fingerprint density at radius 2 is 2.00 bits per heavy atom. The Balaban J connectivity index is 1.81. The van der Waals surface area contributed by atoms with Crippen LogP contribution < -0.4 is 0 Å². The zero-order valence-electron chi connectivity index (χ0n) is 11.9. The molecule has 0 fully saturated rings. The van der Waals surface area contributed by atoms with Gasteiger partial charge in [-0.3, -0.25) is 5.10 Å². The fourth-order valence-electron chi connectivity index (χ4n) is 2.01. The van der Waals surface area contributed by atoms with Gasteiger partial charge in [-0.05, 0) is 29.8 Å². The van der Waals surface area contributed by atoms with Gasteiger partial charge in [0.25, 0.3) is 10.0 Å². The molecule has 0 saturated carbocycles. The van der Waals surface area contributed by atoms with Gasteiger partial charge < -0.3 is 5.11 Å². The third-order valence-corrected chi connectivity index (χ3v) is 4.84. The van der Waals surface area contributed by atoms with Crippen molar-refractivity contribution in [3.63, 3.8) is 0 Å². The molecule has 2 aromatic heterocycles. The standard InChI is InChI=1S/C15H14N4O3S/c20-14(15-16-11-17-18-15)7-6-12-8-9-19(10-12)23(21,22)13-4-2-1-3-5-13/h1-11,14,20H,(H,16,17,18). The van der Waals surface area contributed by atoms with E-state index in [0.29, 0.717) is 11.4 Å². The molecule has 1 aromatic carbocycles. The molecule has 2 heterocycles. The summed E-state index contributed by atoms with van der Waals surface area (Å²) in [6.07, 6.45) is 6.41. The van der Waals surface area contributed by atoms with Gasteiger partial charge in [-0.2, -0.15) is 5.10 Å². The first kappa shape index (κ1) is 15.2. The van der Waals surface area contributed by atoms with E-state index in [-0.39, 0.29) is 4.90 Å². The van der Waals surface area contributed by atoms with Gasteiger partial charge in [-0.25, -0.2) is 17.4 Å². The molecule has 3 rings (SSSR count). The van der Waals surface area contributed by atoms with Gasteiger partial charge in [0.2, 0.25) is 0 Å². The van der Waals surface area contributed by atoms with Crippen molar-refractivity contribution in [2.45, 2.75) is 11.0 Å². The Morgan fingerprint density at radius 1 is 1.22 bits per heavy atom. The van der Waals surface area contributed by atoms with E-state index >= 15 is 0 Å². The molecular formula is C15H14N4O3S. The van der Waals surface area contributed by atoms with Crippen LogP contribution in [0.4, 0.5) is 0 Å². The van der Waals surface area contributed by atoms with Crippen LogP contribution in [0.5, 0.6) is 0 Å². The number of aromatic nitrogens is 4. The largest absolute Gasteiger partial charge is 0.381 e. The summed E-state index contributed by atoms with van der Waals surface area (Å²) in [6.45, 7) is 0. The average Bonchev–Trinajstić information content (AvgIpc) is 3.25. The number of nitrogens with zero attached hydrogens (tertiary/aromatic N) is 3. The van der Waals surface area contributed by atoms with E-state index in [9.17, 15) is 13.5 Å². The maximum atomic E-state index is 12.4. The first-order valence-corrected chi connectivity index (χ1v) is 8.21. The quantitative estimate of drug-likeness (QED) is 0.740. The normalized spacial score (nSPS) is 13.4. The smallest absolute Gasteiger partial charge is 0.267 e. The second-order valence-electron chi connectivity index (χ2n) is 4.77. The SMILES string of the molecule is O=S(=O)(c1ccccc1)n1ccc(C=CC(O)c2ncn[nH]2)c1. The van der Waals surface area contributed by atoms with Crippen LogP contribution in [0, 0.1) is 0 Å². The zero-order valence-corrected chi connectivity index (χ0v) is 12.8. The molecule has 0 spiro atoms. The molecule has 1 unspecified atom stereocenters. The van der Waals surface area contributed by atoms with Gasteiger partial charge in [0.1, 0.15) is 12.4 Å². The Hall–Kier alpha value is -2.71. The molecule has 0 aliphatic carbocycles. The van der Waals surface area contributed by atoms with Gasteiger partial charge in [0, 0.05) is 12.4 Å². The minimum atomic E-state index is -3.61. The highest BCUT2D eigenvalue weighted by Gasteiger charge is 2.15. The van der Waals surface area contributed by atoms with E-state index in [2.05, 4.69) is 15.2 Å². The van der Waals surface area contributed by atoms with Gasteiger partial charge in [0.05, 0.1) is 4.90 Å². The predicted molar refractivity (Wildman–Crippen MR) is 83.8 cm³/mol. The molecule has 8 heteroatoms. The van der Waals surface area contributed by atoms with Gasteiger partial charge in [-0.1, -0.05) is 24.3 Å². The Labute approximate surface area is 133 Å².